The van der Waals surface area contributed by atoms with Crippen LogP contribution in [0.4, 0.5) is 0 Å². The first kappa shape index (κ1) is 20.5. The highest BCUT2D eigenvalue weighted by Crippen LogP contribution is 2.15. The molecule has 144 valence electrons. The zero-order valence-electron chi connectivity index (χ0n) is 16.3. The number of hydrogen-bond donors (Lipinski definition) is 1. The van der Waals surface area contributed by atoms with E-state index in [1.54, 1.807) is 18.9 Å². The lowest BCUT2D eigenvalue weighted by atomic mass is 10.1. The fraction of sp³-hybridized carbons (Fsp3) is 0.364. The van der Waals surface area contributed by atoms with Crippen LogP contribution in [0.25, 0.3) is 0 Å². The highest BCUT2D eigenvalue weighted by molar-refractivity contribution is 5.87. The standard InChI is InChI=1S/C22H28N2O3/c1-17-10-7-8-11-19(17)16-24(18(2)22(26)23-3)21(25)14-9-15-27-20-12-5-4-6-13-20/h4-8,10-13,18H,9,14-16H2,1-3H3,(H,23,26)/t18-/m1/s1. The molecule has 0 aromatic heterocycles. The minimum atomic E-state index is -0.530. The van der Waals surface area contributed by atoms with Crippen LogP contribution in [0.15, 0.2) is 54.6 Å². The number of nitrogens with one attached hydrogen (secondary N) is 1. The molecule has 2 amide bonds. The number of hydrogen-bond acceptors (Lipinski definition) is 3. The summed E-state index contributed by atoms with van der Waals surface area (Å²) in [5, 5.41) is 2.63. The Balaban J connectivity index is 1.98. The van der Waals surface area contributed by atoms with Crippen LogP contribution in [0.1, 0.15) is 30.9 Å². The Morgan fingerprint density at radius 1 is 1.07 bits per heavy atom. The van der Waals surface area contributed by atoms with E-state index in [0.29, 0.717) is 26.0 Å². The maximum Gasteiger partial charge on any atom is 0.242 e. The van der Waals surface area contributed by atoms with E-state index in [0.717, 1.165) is 16.9 Å². The van der Waals surface area contributed by atoms with E-state index in [9.17, 15) is 9.59 Å². The Kier molecular flexibility index (Phi) is 7.86. The van der Waals surface area contributed by atoms with Gasteiger partial charge in [-0.05, 0) is 43.5 Å². The molecule has 0 saturated carbocycles. The smallest absolute Gasteiger partial charge is 0.242 e. The number of amides is 2. The van der Waals surface area contributed by atoms with Crippen LogP contribution in [0.3, 0.4) is 0 Å². The van der Waals surface area contributed by atoms with Gasteiger partial charge in [-0.25, -0.2) is 0 Å². The molecule has 1 atom stereocenters. The predicted molar refractivity (Wildman–Crippen MR) is 106 cm³/mol. The minimum Gasteiger partial charge on any atom is -0.494 e. The van der Waals surface area contributed by atoms with E-state index in [1.165, 1.54) is 0 Å². The van der Waals surface area contributed by atoms with Crippen molar-refractivity contribution in [1.82, 2.24) is 10.2 Å². The predicted octanol–water partition coefficient (Wildman–Crippen LogP) is 3.32. The summed E-state index contributed by atoms with van der Waals surface area (Å²) in [6.07, 6.45) is 0.929. The first-order valence-electron chi connectivity index (χ1n) is 9.26. The molecule has 1 N–H and O–H groups in total. The summed E-state index contributed by atoms with van der Waals surface area (Å²) in [6.45, 7) is 4.65. The quantitative estimate of drug-likeness (QED) is 0.691. The molecule has 0 fully saturated rings. The Hall–Kier alpha value is -2.82. The molecule has 0 spiro atoms. The summed E-state index contributed by atoms with van der Waals surface area (Å²) < 4.78 is 5.65. The normalized spacial score (nSPS) is 11.5. The zero-order valence-corrected chi connectivity index (χ0v) is 16.3. The molecule has 2 aromatic rings. The zero-order chi connectivity index (χ0) is 19.6. The van der Waals surface area contributed by atoms with Gasteiger partial charge in [0, 0.05) is 20.0 Å². The summed E-state index contributed by atoms with van der Waals surface area (Å²) in [5.74, 6) is 0.573. The van der Waals surface area contributed by atoms with E-state index < -0.39 is 6.04 Å². The van der Waals surface area contributed by atoms with Crippen LogP contribution in [0.2, 0.25) is 0 Å². The fourth-order valence-electron chi connectivity index (χ4n) is 2.84. The number of carbonyl (C=O) groups excluding carboxylic acids is 2. The molecule has 0 heterocycles. The van der Waals surface area contributed by atoms with Gasteiger partial charge in [0.25, 0.3) is 0 Å². The number of aryl methyl sites for hydroxylation is 1. The molecule has 0 aliphatic rings. The van der Waals surface area contributed by atoms with Crippen LogP contribution in [-0.2, 0) is 16.1 Å². The van der Waals surface area contributed by atoms with E-state index in [4.69, 9.17) is 4.74 Å². The highest BCUT2D eigenvalue weighted by atomic mass is 16.5. The number of carbonyl (C=O) groups is 2. The number of para-hydroxylation sites is 1. The Morgan fingerprint density at radius 3 is 2.41 bits per heavy atom. The van der Waals surface area contributed by atoms with E-state index in [-0.39, 0.29) is 11.8 Å². The maximum atomic E-state index is 12.8. The van der Waals surface area contributed by atoms with Gasteiger partial charge in [0.2, 0.25) is 11.8 Å². The molecule has 2 aromatic carbocycles. The van der Waals surface area contributed by atoms with Crippen molar-refractivity contribution in [3.05, 3.63) is 65.7 Å². The molecule has 5 nitrogen and oxygen atoms in total. The summed E-state index contributed by atoms with van der Waals surface area (Å²) in [5.41, 5.74) is 2.15. The van der Waals surface area contributed by atoms with Gasteiger partial charge >= 0.3 is 0 Å². The van der Waals surface area contributed by atoms with Crippen LogP contribution >= 0.6 is 0 Å². The van der Waals surface area contributed by atoms with Gasteiger partial charge in [-0.15, -0.1) is 0 Å². The fourth-order valence-corrected chi connectivity index (χ4v) is 2.84. The van der Waals surface area contributed by atoms with Gasteiger partial charge < -0.3 is 15.0 Å². The third kappa shape index (κ3) is 6.13. The van der Waals surface area contributed by atoms with Gasteiger partial charge in [0.05, 0.1) is 6.61 Å². The SMILES string of the molecule is CNC(=O)[C@@H](C)N(Cc1ccccc1C)C(=O)CCCOc1ccccc1. The topological polar surface area (TPSA) is 58.6 Å². The Labute approximate surface area is 161 Å². The molecular formula is C22H28N2O3. The molecule has 0 aliphatic carbocycles. The van der Waals surface area contributed by atoms with Crippen molar-refractivity contribution in [3.8, 4) is 5.75 Å². The first-order valence-corrected chi connectivity index (χ1v) is 9.26. The number of benzene rings is 2. The van der Waals surface area contributed by atoms with Crippen molar-refractivity contribution >= 4 is 11.8 Å². The van der Waals surface area contributed by atoms with Gasteiger partial charge in [-0.3, -0.25) is 9.59 Å². The second kappa shape index (κ2) is 10.4. The summed E-state index contributed by atoms with van der Waals surface area (Å²) >= 11 is 0. The van der Waals surface area contributed by atoms with Crippen LogP contribution in [0, 0.1) is 6.92 Å². The molecule has 0 aliphatic heterocycles. The lowest BCUT2D eigenvalue weighted by Gasteiger charge is -2.29. The van der Waals surface area contributed by atoms with Crippen molar-refractivity contribution < 1.29 is 14.3 Å². The second-order valence-electron chi connectivity index (χ2n) is 6.50. The minimum absolute atomic E-state index is 0.0500. The number of rotatable bonds is 9. The molecule has 0 unspecified atom stereocenters. The number of ether oxygens (including phenoxy) is 1. The van der Waals surface area contributed by atoms with Crippen molar-refractivity contribution in [1.29, 1.82) is 0 Å². The third-order valence-corrected chi connectivity index (χ3v) is 4.56. The molecule has 2 rings (SSSR count). The lowest BCUT2D eigenvalue weighted by molar-refractivity contribution is -0.140. The third-order valence-electron chi connectivity index (χ3n) is 4.56. The van der Waals surface area contributed by atoms with Crippen molar-refractivity contribution in [2.24, 2.45) is 0 Å². The molecular weight excluding hydrogens is 340 g/mol. The molecule has 0 radical (unpaired) electrons. The largest absolute Gasteiger partial charge is 0.494 e. The maximum absolute atomic E-state index is 12.8. The van der Waals surface area contributed by atoms with Gasteiger partial charge in [-0.1, -0.05) is 42.5 Å². The average Bonchev–Trinajstić information content (AvgIpc) is 2.70. The van der Waals surface area contributed by atoms with Crippen molar-refractivity contribution in [3.63, 3.8) is 0 Å². The molecule has 5 heteroatoms. The van der Waals surface area contributed by atoms with Gasteiger partial charge in [-0.2, -0.15) is 0 Å². The monoisotopic (exact) mass is 368 g/mol. The average molecular weight is 368 g/mol. The van der Waals surface area contributed by atoms with Crippen LogP contribution in [-0.4, -0.2) is 36.4 Å². The van der Waals surface area contributed by atoms with E-state index >= 15 is 0 Å². The first-order chi connectivity index (χ1) is 13.0. The summed E-state index contributed by atoms with van der Waals surface area (Å²) in [4.78, 5) is 26.6. The second-order valence-corrected chi connectivity index (χ2v) is 6.50. The van der Waals surface area contributed by atoms with E-state index in [2.05, 4.69) is 5.32 Å². The Morgan fingerprint density at radius 2 is 1.74 bits per heavy atom. The summed E-state index contributed by atoms with van der Waals surface area (Å²) in [7, 11) is 1.59. The molecule has 0 bridgehead atoms. The molecule has 0 saturated heterocycles. The lowest BCUT2D eigenvalue weighted by Crippen LogP contribution is -2.46. The van der Waals surface area contributed by atoms with Crippen molar-refractivity contribution in [2.45, 2.75) is 39.3 Å². The molecule has 27 heavy (non-hydrogen) atoms. The van der Waals surface area contributed by atoms with Crippen LogP contribution in [0.5, 0.6) is 5.75 Å². The van der Waals surface area contributed by atoms with Crippen LogP contribution < -0.4 is 10.1 Å². The highest BCUT2D eigenvalue weighted by Gasteiger charge is 2.25. The van der Waals surface area contributed by atoms with Gasteiger partial charge in [0.15, 0.2) is 0 Å². The van der Waals surface area contributed by atoms with Crippen molar-refractivity contribution in [2.75, 3.05) is 13.7 Å². The van der Waals surface area contributed by atoms with Gasteiger partial charge in [0.1, 0.15) is 11.8 Å². The summed E-state index contributed by atoms with van der Waals surface area (Å²) in [6, 6.07) is 16.9. The number of likely N-dealkylation sites (N-methyl/N-ethyl adjacent to an activating group) is 1. The number of nitrogens with zero attached hydrogens (tertiary/aromatic N) is 1. The Bertz CT molecular complexity index is 746. The van der Waals surface area contributed by atoms with E-state index in [1.807, 2.05) is 61.5 Å².